The van der Waals surface area contributed by atoms with E-state index in [1.54, 1.807) is 4.90 Å². The molecule has 0 aromatic heterocycles. The summed E-state index contributed by atoms with van der Waals surface area (Å²) >= 11 is 0. The minimum atomic E-state index is -0.561. The average Bonchev–Trinajstić information content (AvgIpc) is 3.13. The summed E-state index contributed by atoms with van der Waals surface area (Å²) in [5.41, 5.74) is 9.10. The maximum atomic E-state index is 13.0. The second kappa shape index (κ2) is 6.67. The summed E-state index contributed by atoms with van der Waals surface area (Å²) in [6.45, 7) is 2.35. The number of carbonyl (C=O) groups excluding carboxylic acids is 3. The van der Waals surface area contributed by atoms with E-state index in [1.165, 1.54) is 12.0 Å². The number of carbonyl (C=O) groups is 3. The van der Waals surface area contributed by atoms with Crippen molar-refractivity contribution >= 4 is 17.7 Å². The lowest BCUT2D eigenvalue weighted by molar-refractivity contribution is -0.136. The van der Waals surface area contributed by atoms with Gasteiger partial charge < -0.3 is 10.6 Å². The number of likely N-dealkylation sites (tertiary alicyclic amines) is 1. The molecule has 4 unspecified atom stereocenters. The summed E-state index contributed by atoms with van der Waals surface area (Å²) in [6, 6.07) is 6.17. The number of imide groups is 1. The maximum Gasteiger partial charge on any atom is 0.255 e. The number of fused-ring (bicyclic) bond motifs is 3. The molecule has 3 fully saturated rings. The number of rotatable bonds is 3. The van der Waals surface area contributed by atoms with Crippen LogP contribution in [0.5, 0.6) is 0 Å². The van der Waals surface area contributed by atoms with Crippen LogP contribution >= 0.6 is 0 Å². The Bertz CT molecular complexity index is 854. The van der Waals surface area contributed by atoms with Gasteiger partial charge in [0.05, 0.1) is 0 Å². The molecule has 3 N–H and O–H groups in total. The quantitative estimate of drug-likeness (QED) is 0.753. The zero-order valence-corrected chi connectivity index (χ0v) is 15.9. The van der Waals surface area contributed by atoms with Crippen LogP contribution in [0.4, 0.5) is 0 Å². The largest absolute Gasteiger partial charge is 0.328 e. The van der Waals surface area contributed by atoms with Crippen molar-refractivity contribution < 1.29 is 14.4 Å². The molecule has 1 aromatic carbocycles. The SMILES string of the molecule is NC1CC2CC(C1)N(Cc1cccc3c1CN(C1CCC(=O)NC1=O)C3=O)C2. The van der Waals surface area contributed by atoms with Crippen molar-refractivity contribution in [2.75, 3.05) is 6.54 Å². The van der Waals surface area contributed by atoms with Crippen LogP contribution in [0, 0.1) is 5.92 Å². The third kappa shape index (κ3) is 2.93. The lowest BCUT2D eigenvalue weighted by Gasteiger charge is -2.29. The Balaban J connectivity index is 1.37. The predicted molar refractivity (Wildman–Crippen MR) is 102 cm³/mol. The van der Waals surface area contributed by atoms with Crippen molar-refractivity contribution in [2.45, 2.75) is 63.3 Å². The summed E-state index contributed by atoms with van der Waals surface area (Å²) < 4.78 is 0. The maximum absolute atomic E-state index is 13.0. The van der Waals surface area contributed by atoms with Crippen molar-refractivity contribution in [3.63, 3.8) is 0 Å². The number of benzene rings is 1. The van der Waals surface area contributed by atoms with Gasteiger partial charge in [0.1, 0.15) is 6.04 Å². The van der Waals surface area contributed by atoms with Crippen LogP contribution < -0.4 is 11.1 Å². The van der Waals surface area contributed by atoms with Gasteiger partial charge in [-0.2, -0.15) is 0 Å². The molecule has 3 heterocycles. The monoisotopic (exact) mass is 382 g/mol. The number of hydrogen-bond donors (Lipinski definition) is 2. The molecular formula is C21H26N4O3. The van der Waals surface area contributed by atoms with E-state index in [0.717, 1.165) is 31.5 Å². The molecule has 3 aliphatic heterocycles. The van der Waals surface area contributed by atoms with Crippen molar-refractivity contribution in [3.05, 3.63) is 34.9 Å². The van der Waals surface area contributed by atoms with Crippen LogP contribution in [0.1, 0.15) is 53.6 Å². The van der Waals surface area contributed by atoms with Gasteiger partial charge in [-0.1, -0.05) is 12.1 Å². The van der Waals surface area contributed by atoms with E-state index in [0.29, 0.717) is 36.5 Å². The normalized spacial score (nSPS) is 32.6. The number of nitrogens with two attached hydrogens (primary N) is 1. The van der Waals surface area contributed by atoms with E-state index in [9.17, 15) is 14.4 Å². The molecule has 4 atom stereocenters. The molecule has 7 heteroatoms. The van der Waals surface area contributed by atoms with Gasteiger partial charge in [0.25, 0.3) is 5.91 Å². The van der Waals surface area contributed by atoms with Gasteiger partial charge in [-0.3, -0.25) is 24.6 Å². The van der Waals surface area contributed by atoms with Crippen molar-refractivity contribution in [2.24, 2.45) is 11.7 Å². The fourth-order valence-corrected chi connectivity index (χ4v) is 5.59. The summed E-state index contributed by atoms with van der Waals surface area (Å²) in [5, 5.41) is 2.36. The number of nitrogens with zero attached hydrogens (tertiary/aromatic N) is 2. The highest BCUT2D eigenvalue weighted by Crippen LogP contribution is 2.37. The number of nitrogens with one attached hydrogen (secondary N) is 1. The van der Waals surface area contributed by atoms with Crippen LogP contribution in [0.15, 0.2) is 18.2 Å². The molecule has 5 rings (SSSR count). The standard InChI is InChI=1S/C21H26N4O3/c22-14-6-12-7-15(8-14)24(9-12)10-13-2-1-3-16-17(13)11-25(21(16)28)18-4-5-19(26)23-20(18)27/h1-3,12,14-15,18H,4-11,22H2,(H,23,26,27). The van der Waals surface area contributed by atoms with E-state index < -0.39 is 6.04 Å². The number of piperidine rings is 1. The molecular weight excluding hydrogens is 356 g/mol. The lowest BCUT2D eigenvalue weighted by atomic mass is 9.87. The Morgan fingerprint density at radius 1 is 1.14 bits per heavy atom. The van der Waals surface area contributed by atoms with Crippen molar-refractivity contribution in [3.8, 4) is 0 Å². The first kappa shape index (κ1) is 17.8. The summed E-state index contributed by atoms with van der Waals surface area (Å²) in [4.78, 5) is 40.8. The van der Waals surface area contributed by atoms with E-state index in [1.807, 2.05) is 12.1 Å². The topological polar surface area (TPSA) is 95.7 Å². The van der Waals surface area contributed by atoms with Crippen LogP contribution in [0.25, 0.3) is 0 Å². The summed E-state index contributed by atoms with van der Waals surface area (Å²) in [7, 11) is 0. The molecule has 148 valence electrons. The van der Waals surface area contributed by atoms with Crippen molar-refractivity contribution in [1.29, 1.82) is 0 Å². The first-order chi connectivity index (χ1) is 13.5. The summed E-state index contributed by atoms with van der Waals surface area (Å²) in [5.74, 6) is -0.0357. The Labute approximate surface area is 164 Å². The van der Waals surface area contributed by atoms with Crippen LogP contribution in [-0.2, 0) is 22.7 Å². The zero-order chi connectivity index (χ0) is 19.4. The highest BCUT2D eigenvalue weighted by molar-refractivity contribution is 6.05. The van der Waals surface area contributed by atoms with Crippen LogP contribution in [0.2, 0.25) is 0 Å². The fraction of sp³-hybridized carbons (Fsp3) is 0.571. The van der Waals surface area contributed by atoms with Gasteiger partial charge in [0.2, 0.25) is 11.8 Å². The van der Waals surface area contributed by atoms with E-state index in [2.05, 4.69) is 16.3 Å². The van der Waals surface area contributed by atoms with Gasteiger partial charge in [-0.05, 0) is 48.8 Å². The van der Waals surface area contributed by atoms with E-state index >= 15 is 0 Å². The fourth-order valence-electron chi connectivity index (χ4n) is 5.59. The molecule has 7 nitrogen and oxygen atoms in total. The molecule has 0 spiro atoms. The van der Waals surface area contributed by atoms with Gasteiger partial charge in [0.15, 0.2) is 0 Å². The molecule has 1 aromatic rings. The van der Waals surface area contributed by atoms with Gasteiger partial charge in [0, 0.05) is 43.7 Å². The molecule has 28 heavy (non-hydrogen) atoms. The van der Waals surface area contributed by atoms with Crippen LogP contribution in [-0.4, -0.2) is 52.2 Å². The molecule has 3 amide bonds. The minimum Gasteiger partial charge on any atom is -0.328 e. The van der Waals surface area contributed by atoms with E-state index in [4.69, 9.17) is 5.73 Å². The Hall–Kier alpha value is -2.25. The Kier molecular flexibility index (Phi) is 4.25. The third-order valence-electron chi connectivity index (χ3n) is 6.88. The lowest BCUT2D eigenvalue weighted by Crippen LogP contribution is -2.52. The third-order valence-corrected chi connectivity index (χ3v) is 6.88. The first-order valence-electron chi connectivity index (χ1n) is 10.2. The summed E-state index contributed by atoms with van der Waals surface area (Å²) in [6.07, 6.45) is 4.06. The predicted octanol–water partition coefficient (Wildman–Crippen LogP) is 0.759. The number of amides is 3. The Morgan fingerprint density at radius 2 is 2.00 bits per heavy atom. The van der Waals surface area contributed by atoms with Gasteiger partial charge in [-0.25, -0.2) is 0 Å². The highest BCUT2D eigenvalue weighted by atomic mass is 16.2. The first-order valence-corrected chi connectivity index (χ1v) is 10.2. The second-order valence-corrected chi connectivity index (χ2v) is 8.76. The number of hydrogen-bond acceptors (Lipinski definition) is 5. The molecule has 4 aliphatic rings. The zero-order valence-electron chi connectivity index (χ0n) is 15.9. The molecule has 1 saturated carbocycles. The smallest absolute Gasteiger partial charge is 0.255 e. The van der Waals surface area contributed by atoms with Gasteiger partial charge in [-0.15, -0.1) is 0 Å². The Morgan fingerprint density at radius 3 is 2.82 bits per heavy atom. The molecule has 0 radical (unpaired) electrons. The molecule has 1 aliphatic carbocycles. The highest BCUT2D eigenvalue weighted by Gasteiger charge is 2.41. The van der Waals surface area contributed by atoms with Crippen molar-refractivity contribution in [1.82, 2.24) is 15.1 Å². The average molecular weight is 382 g/mol. The van der Waals surface area contributed by atoms with Crippen LogP contribution in [0.3, 0.4) is 0 Å². The molecule has 2 saturated heterocycles. The minimum absolute atomic E-state index is 0.103. The van der Waals surface area contributed by atoms with E-state index in [-0.39, 0.29) is 24.1 Å². The van der Waals surface area contributed by atoms with Gasteiger partial charge >= 0.3 is 0 Å². The second-order valence-electron chi connectivity index (χ2n) is 8.76. The molecule has 2 bridgehead atoms.